The molecule has 0 saturated carbocycles. The first-order valence-corrected chi connectivity index (χ1v) is 6.35. The van der Waals surface area contributed by atoms with Gasteiger partial charge in [0.15, 0.2) is 0 Å². The summed E-state index contributed by atoms with van der Waals surface area (Å²) in [7, 11) is 0. The zero-order valence-corrected chi connectivity index (χ0v) is 10.9. The molecule has 0 radical (unpaired) electrons. The topological polar surface area (TPSA) is 25.8 Å². The van der Waals surface area contributed by atoms with Crippen molar-refractivity contribution in [3.05, 3.63) is 72.1 Å². The molecule has 0 aliphatic rings. The standard InChI is InChI=1S/C16H11ClN2/c17-16-15(14-8-4-5-10-18-14)13(9-11-19-16)12-6-2-1-3-7-12/h1-11H. The Labute approximate surface area is 116 Å². The van der Waals surface area contributed by atoms with Crippen LogP contribution in [0.3, 0.4) is 0 Å². The monoisotopic (exact) mass is 266 g/mol. The maximum Gasteiger partial charge on any atom is 0.139 e. The van der Waals surface area contributed by atoms with Gasteiger partial charge in [-0.2, -0.15) is 0 Å². The van der Waals surface area contributed by atoms with Gasteiger partial charge in [-0.3, -0.25) is 4.98 Å². The lowest BCUT2D eigenvalue weighted by Gasteiger charge is -2.10. The molecule has 0 atom stereocenters. The van der Waals surface area contributed by atoms with Crippen LogP contribution in [0.4, 0.5) is 0 Å². The van der Waals surface area contributed by atoms with E-state index in [0.29, 0.717) is 5.15 Å². The van der Waals surface area contributed by atoms with Crippen LogP contribution in [0.25, 0.3) is 22.4 Å². The van der Waals surface area contributed by atoms with Crippen molar-refractivity contribution >= 4 is 11.6 Å². The van der Waals surface area contributed by atoms with Gasteiger partial charge in [0.1, 0.15) is 5.15 Å². The number of halogens is 1. The predicted molar refractivity (Wildman–Crippen MR) is 77.9 cm³/mol. The summed E-state index contributed by atoms with van der Waals surface area (Å²) in [4.78, 5) is 8.54. The van der Waals surface area contributed by atoms with Gasteiger partial charge >= 0.3 is 0 Å². The van der Waals surface area contributed by atoms with E-state index in [1.807, 2.05) is 42.5 Å². The molecule has 0 amide bonds. The molecule has 0 bridgehead atoms. The maximum absolute atomic E-state index is 6.26. The van der Waals surface area contributed by atoms with Gasteiger partial charge in [-0.05, 0) is 29.3 Å². The second-order valence-electron chi connectivity index (χ2n) is 4.11. The number of hydrogen-bond acceptors (Lipinski definition) is 2. The molecule has 2 nitrogen and oxygen atoms in total. The summed E-state index contributed by atoms with van der Waals surface area (Å²) in [6, 6.07) is 17.8. The van der Waals surface area contributed by atoms with Crippen LogP contribution < -0.4 is 0 Å². The second kappa shape index (κ2) is 5.21. The molecule has 0 spiro atoms. The van der Waals surface area contributed by atoms with Crippen LogP contribution in [0.15, 0.2) is 67.0 Å². The molecule has 0 N–H and O–H groups in total. The van der Waals surface area contributed by atoms with Crippen LogP contribution >= 0.6 is 11.6 Å². The third-order valence-corrected chi connectivity index (χ3v) is 3.20. The average Bonchev–Trinajstić information content (AvgIpc) is 2.49. The molecule has 3 heteroatoms. The van der Waals surface area contributed by atoms with E-state index >= 15 is 0 Å². The number of benzene rings is 1. The Balaban J connectivity index is 2.25. The maximum atomic E-state index is 6.26. The summed E-state index contributed by atoms with van der Waals surface area (Å²) in [5.41, 5.74) is 3.85. The highest BCUT2D eigenvalue weighted by Crippen LogP contribution is 2.34. The van der Waals surface area contributed by atoms with Gasteiger partial charge in [-0.1, -0.05) is 48.0 Å². The van der Waals surface area contributed by atoms with Gasteiger partial charge in [0.05, 0.1) is 5.69 Å². The van der Waals surface area contributed by atoms with E-state index in [9.17, 15) is 0 Å². The molecule has 92 valence electrons. The van der Waals surface area contributed by atoms with Crippen LogP contribution in [-0.4, -0.2) is 9.97 Å². The van der Waals surface area contributed by atoms with Crippen LogP contribution in [0.2, 0.25) is 5.15 Å². The fraction of sp³-hybridized carbons (Fsp3) is 0. The van der Waals surface area contributed by atoms with Gasteiger partial charge < -0.3 is 0 Å². The van der Waals surface area contributed by atoms with E-state index in [-0.39, 0.29) is 0 Å². The molecule has 0 saturated heterocycles. The highest BCUT2D eigenvalue weighted by molar-refractivity contribution is 6.32. The number of nitrogens with zero attached hydrogens (tertiary/aromatic N) is 2. The molecule has 2 aromatic heterocycles. The molecule has 1 aromatic carbocycles. The van der Waals surface area contributed by atoms with Gasteiger partial charge in [-0.25, -0.2) is 4.98 Å². The predicted octanol–water partition coefficient (Wildman–Crippen LogP) is 4.46. The molecule has 19 heavy (non-hydrogen) atoms. The van der Waals surface area contributed by atoms with Crippen LogP contribution in [0, 0.1) is 0 Å². The lowest BCUT2D eigenvalue weighted by atomic mass is 9.99. The van der Waals surface area contributed by atoms with E-state index in [1.165, 1.54) is 0 Å². The summed E-state index contributed by atoms with van der Waals surface area (Å²) in [6.07, 6.45) is 3.48. The Kier molecular flexibility index (Phi) is 3.25. The minimum Gasteiger partial charge on any atom is -0.256 e. The molecular weight excluding hydrogens is 256 g/mol. The Hall–Kier alpha value is -2.19. The highest BCUT2D eigenvalue weighted by Gasteiger charge is 2.12. The van der Waals surface area contributed by atoms with E-state index in [4.69, 9.17) is 11.6 Å². The Morgan fingerprint density at radius 1 is 0.737 bits per heavy atom. The van der Waals surface area contributed by atoms with Crippen molar-refractivity contribution in [1.82, 2.24) is 9.97 Å². The number of hydrogen-bond donors (Lipinski definition) is 0. The largest absolute Gasteiger partial charge is 0.256 e. The van der Waals surface area contributed by atoms with Gasteiger partial charge in [0, 0.05) is 18.0 Å². The first-order valence-electron chi connectivity index (χ1n) is 5.97. The van der Waals surface area contributed by atoms with Crippen molar-refractivity contribution in [2.45, 2.75) is 0 Å². The van der Waals surface area contributed by atoms with E-state index in [2.05, 4.69) is 22.1 Å². The Morgan fingerprint density at radius 2 is 1.53 bits per heavy atom. The van der Waals surface area contributed by atoms with Crippen LogP contribution in [0.1, 0.15) is 0 Å². The van der Waals surface area contributed by atoms with Crippen molar-refractivity contribution in [2.24, 2.45) is 0 Å². The summed E-state index contributed by atoms with van der Waals surface area (Å²) in [5.74, 6) is 0. The third-order valence-electron chi connectivity index (χ3n) is 2.91. The number of aromatic nitrogens is 2. The second-order valence-corrected chi connectivity index (χ2v) is 4.46. The SMILES string of the molecule is Clc1nccc(-c2ccccc2)c1-c1ccccn1. The first kappa shape index (κ1) is 11.9. The summed E-state index contributed by atoms with van der Waals surface area (Å²) in [5, 5.41) is 0.472. The van der Waals surface area contributed by atoms with Crippen molar-refractivity contribution in [2.75, 3.05) is 0 Å². The van der Waals surface area contributed by atoms with E-state index in [1.54, 1.807) is 12.4 Å². The Bertz CT molecular complexity index is 682. The lowest BCUT2D eigenvalue weighted by molar-refractivity contribution is 1.28. The molecule has 0 aliphatic heterocycles. The molecular formula is C16H11ClN2. The van der Waals surface area contributed by atoms with Gasteiger partial charge in [-0.15, -0.1) is 0 Å². The van der Waals surface area contributed by atoms with Gasteiger partial charge in [0.25, 0.3) is 0 Å². The smallest absolute Gasteiger partial charge is 0.139 e. The summed E-state index contributed by atoms with van der Waals surface area (Å²) >= 11 is 6.26. The quantitative estimate of drug-likeness (QED) is 0.640. The van der Waals surface area contributed by atoms with E-state index in [0.717, 1.165) is 22.4 Å². The molecule has 0 unspecified atom stereocenters. The fourth-order valence-corrected chi connectivity index (χ4v) is 2.30. The molecule has 3 rings (SSSR count). The van der Waals surface area contributed by atoms with E-state index < -0.39 is 0 Å². The number of pyridine rings is 2. The summed E-state index contributed by atoms with van der Waals surface area (Å²) in [6.45, 7) is 0. The zero-order chi connectivity index (χ0) is 13.1. The molecule has 2 heterocycles. The zero-order valence-electron chi connectivity index (χ0n) is 10.1. The first-order chi connectivity index (χ1) is 9.36. The molecule has 3 aromatic rings. The molecule has 0 aliphatic carbocycles. The van der Waals surface area contributed by atoms with Crippen molar-refractivity contribution in [3.63, 3.8) is 0 Å². The average molecular weight is 267 g/mol. The van der Waals surface area contributed by atoms with Crippen LogP contribution in [0.5, 0.6) is 0 Å². The van der Waals surface area contributed by atoms with Crippen molar-refractivity contribution in [1.29, 1.82) is 0 Å². The highest BCUT2D eigenvalue weighted by atomic mass is 35.5. The van der Waals surface area contributed by atoms with Crippen molar-refractivity contribution in [3.8, 4) is 22.4 Å². The normalized spacial score (nSPS) is 10.4. The van der Waals surface area contributed by atoms with Gasteiger partial charge in [0.2, 0.25) is 0 Å². The molecule has 0 fully saturated rings. The summed E-state index contributed by atoms with van der Waals surface area (Å²) < 4.78 is 0. The minimum absolute atomic E-state index is 0.472. The third kappa shape index (κ3) is 2.35. The van der Waals surface area contributed by atoms with Crippen LogP contribution in [-0.2, 0) is 0 Å². The minimum atomic E-state index is 0.472. The Morgan fingerprint density at radius 3 is 2.26 bits per heavy atom. The lowest BCUT2D eigenvalue weighted by Crippen LogP contribution is -1.91. The van der Waals surface area contributed by atoms with Crippen molar-refractivity contribution < 1.29 is 0 Å². The fourth-order valence-electron chi connectivity index (χ4n) is 2.05. The number of rotatable bonds is 2.